The van der Waals surface area contributed by atoms with Crippen molar-refractivity contribution in [1.29, 1.82) is 0 Å². The highest BCUT2D eigenvalue weighted by Crippen LogP contribution is 2.30. The fourth-order valence-corrected chi connectivity index (χ4v) is 4.64. The first kappa shape index (κ1) is 24.9. The number of nitrogens with one attached hydrogen (secondary N) is 1. The molecule has 0 saturated heterocycles. The van der Waals surface area contributed by atoms with Gasteiger partial charge in [-0.1, -0.05) is 80.6 Å². The number of aromatic carboxylic acids is 1. The van der Waals surface area contributed by atoms with Crippen molar-refractivity contribution in [2.45, 2.75) is 33.2 Å². The Morgan fingerprint density at radius 2 is 1.63 bits per heavy atom. The number of carboxylic acids is 1. The van der Waals surface area contributed by atoms with Crippen LogP contribution in [-0.4, -0.2) is 40.8 Å². The summed E-state index contributed by atoms with van der Waals surface area (Å²) in [6.07, 6.45) is 1.26. The van der Waals surface area contributed by atoms with Crippen LogP contribution in [0.15, 0.2) is 83.7 Å². The summed E-state index contributed by atoms with van der Waals surface area (Å²) in [4.78, 5) is 26.1. The van der Waals surface area contributed by atoms with E-state index in [1.54, 1.807) is 28.8 Å². The number of aromatic nitrogens is 6. The predicted octanol–water partition coefficient (Wildman–Crippen LogP) is 4.82. The highest BCUT2D eigenvalue weighted by Gasteiger charge is 2.26. The maximum atomic E-state index is 13.7. The number of carboxylic acid groups (broad SMARTS) is 1. The summed E-state index contributed by atoms with van der Waals surface area (Å²) >= 11 is 0. The zero-order valence-corrected chi connectivity index (χ0v) is 21.2. The smallest absolute Gasteiger partial charge is 0.354 e. The van der Waals surface area contributed by atoms with Crippen LogP contribution in [0.2, 0.25) is 0 Å². The maximum absolute atomic E-state index is 13.7. The topological polar surface area (TPSA) is 119 Å². The van der Waals surface area contributed by atoms with Crippen molar-refractivity contribution in [2.75, 3.05) is 0 Å². The predicted molar refractivity (Wildman–Crippen MR) is 144 cm³/mol. The number of rotatable bonds is 9. The van der Waals surface area contributed by atoms with Gasteiger partial charge in [-0.2, -0.15) is 5.21 Å². The molecule has 0 aliphatic rings. The summed E-state index contributed by atoms with van der Waals surface area (Å²) in [5.74, 6) is -0.245. The van der Waals surface area contributed by atoms with Crippen LogP contribution in [0.1, 0.15) is 42.0 Å². The van der Waals surface area contributed by atoms with Crippen molar-refractivity contribution in [3.8, 4) is 28.2 Å². The first-order chi connectivity index (χ1) is 18.4. The Kier molecular flexibility index (Phi) is 6.99. The van der Waals surface area contributed by atoms with E-state index in [-0.39, 0.29) is 17.9 Å². The fraction of sp³-hybridized carbons (Fsp3) is 0.207. The molecule has 0 aliphatic carbocycles. The monoisotopic (exact) mass is 508 g/mol. The SMILES string of the molecule is CC(C)CCc1c(C(=O)O)n(-c2ccccc2)c(=O)n1Cc1ccc(-c2ccccc2-c2nn[nH]n2)cc1. The van der Waals surface area contributed by atoms with Gasteiger partial charge in [-0.15, -0.1) is 10.2 Å². The van der Waals surface area contributed by atoms with E-state index in [2.05, 4.69) is 34.5 Å². The molecule has 0 saturated carbocycles. The maximum Gasteiger partial charge on any atom is 0.354 e. The van der Waals surface area contributed by atoms with E-state index < -0.39 is 5.97 Å². The zero-order valence-electron chi connectivity index (χ0n) is 21.2. The largest absolute Gasteiger partial charge is 0.477 e. The van der Waals surface area contributed by atoms with Crippen LogP contribution in [0.25, 0.3) is 28.2 Å². The second-order valence-corrected chi connectivity index (χ2v) is 9.55. The van der Waals surface area contributed by atoms with Gasteiger partial charge in [-0.3, -0.25) is 9.13 Å². The second-order valence-electron chi connectivity index (χ2n) is 9.55. The van der Waals surface area contributed by atoms with Crippen LogP contribution < -0.4 is 5.69 Å². The van der Waals surface area contributed by atoms with E-state index in [9.17, 15) is 14.7 Å². The minimum atomic E-state index is -1.11. The molecule has 0 unspecified atom stereocenters. The highest BCUT2D eigenvalue weighted by molar-refractivity contribution is 5.88. The number of tetrazole rings is 1. The Morgan fingerprint density at radius 3 is 2.26 bits per heavy atom. The number of H-pyrrole nitrogens is 1. The second kappa shape index (κ2) is 10.7. The van der Waals surface area contributed by atoms with Crippen molar-refractivity contribution >= 4 is 5.97 Å². The molecule has 5 rings (SSSR count). The van der Waals surface area contributed by atoms with Gasteiger partial charge in [0, 0.05) is 5.56 Å². The molecule has 9 nitrogen and oxygen atoms in total. The summed E-state index contributed by atoms with van der Waals surface area (Å²) < 4.78 is 2.91. The summed E-state index contributed by atoms with van der Waals surface area (Å²) in [7, 11) is 0. The van der Waals surface area contributed by atoms with Gasteiger partial charge in [0.25, 0.3) is 0 Å². The summed E-state index contributed by atoms with van der Waals surface area (Å²) in [5.41, 5.74) is 4.40. The molecule has 2 heterocycles. The molecular formula is C29H28N6O3. The number of benzene rings is 3. The number of hydrogen-bond donors (Lipinski definition) is 2. The minimum Gasteiger partial charge on any atom is -0.477 e. The quantitative estimate of drug-likeness (QED) is 0.295. The van der Waals surface area contributed by atoms with Crippen LogP contribution in [0.5, 0.6) is 0 Å². The van der Waals surface area contributed by atoms with Crippen LogP contribution in [0.4, 0.5) is 0 Å². The molecular weight excluding hydrogens is 480 g/mol. The molecule has 192 valence electrons. The molecule has 5 aromatic rings. The first-order valence-electron chi connectivity index (χ1n) is 12.5. The Morgan fingerprint density at radius 1 is 0.947 bits per heavy atom. The van der Waals surface area contributed by atoms with E-state index >= 15 is 0 Å². The standard InChI is InChI=1S/C29H28N6O3/c1-19(2)12-17-25-26(28(36)37)35(22-8-4-3-5-9-22)29(38)34(25)18-20-13-15-21(16-14-20)23-10-6-7-11-24(23)27-30-32-33-31-27/h3-11,13-16,19H,12,17-18H2,1-2H3,(H,36,37)(H,30,31,32,33). The van der Waals surface area contributed by atoms with Crippen molar-refractivity contribution in [3.63, 3.8) is 0 Å². The molecule has 9 heteroatoms. The number of hydrogen-bond acceptors (Lipinski definition) is 5. The van der Waals surface area contributed by atoms with Crippen molar-refractivity contribution in [3.05, 3.63) is 106 Å². The number of imidazole rings is 1. The lowest BCUT2D eigenvalue weighted by Gasteiger charge is -2.11. The van der Waals surface area contributed by atoms with E-state index in [0.29, 0.717) is 29.5 Å². The first-order valence-corrected chi connectivity index (χ1v) is 12.5. The average molecular weight is 509 g/mol. The third-order valence-electron chi connectivity index (χ3n) is 6.54. The van der Waals surface area contributed by atoms with Gasteiger partial charge in [0.1, 0.15) is 0 Å². The number of carbonyl (C=O) groups is 1. The lowest BCUT2D eigenvalue weighted by Crippen LogP contribution is -2.25. The Balaban J connectivity index is 1.55. The molecule has 0 bridgehead atoms. The number of nitrogens with zero attached hydrogens (tertiary/aromatic N) is 5. The van der Waals surface area contributed by atoms with Crippen LogP contribution >= 0.6 is 0 Å². The van der Waals surface area contributed by atoms with Crippen molar-refractivity contribution in [2.24, 2.45) is 5.92 Å². The third kappa shape index (κ3) is 4.90. The van der Waals surface area contributed by atoms with Gasteiger partial charge in [-0.25, -0.2) is 9.59 Å². The van der Waals surface area contributed by atoms with E-state index in [1.807, 2.05) is 54.6 Å². The van der Waals surface area contributed by atoms with Gasteiger partial charge >= 0.3 is 11.7 Å². The molecule has 0 radical (unpaired) electrons. The van der Waals surface area contributed by atoms with Crippen LogP contribution in [0.3, 0.4) is 0 Å². The molecule has 2 N–H and O–H groups in total. The summed E-state index contributed by atoms with van der Waals surface area (Å²) in [6, 6.07) is 24.6. The zero-order chi connectivity index (χ0) is 26.6. The van der Waals surface area contributed by atoms with Crippen molar-refractivity contribution < 1.29 is 9.90 Å². The molecule has 2 aromatic heterocycles. The van der Waals surface area contributed by atoms with E-state index in [0.717, 1.165) is 28.7 Å². The fourth-order valence-electron chi connectivity index (χ4n) is 4.64. The Labute approximate surface area is 219 Å². The minimum absolute atomic E-state index is 0.0208. The molecule has 38 heavy (non-hydrogen) atoms. The molecule has 3 aromatic carbocycles. The van der Waals surface area contributed by atoms with Gasteiger partial charge in [-0.05, 0) is 52.8 Å². The van der Waals surface area contributed by atoms with Crippen molar-refractivity contribution in [1.82, 2.24) is 29.8 Å². The lowest BCUT2D eigenvalue weighted by atomic mass is 9.98. The van der Waals surface area contributed by atoms with E-state index in [1.165, 1.54) is 4.57 Å². The summed E-state index contributed by atoms with van der Waals surface area (Å²) in [5, 5.41) is 24.5. The van der Waals surface area contributed by atoms with Crippen LogP contribution in [0, 0.1) is 5.92 Å². The van der Waals surface area contributed by atoms with Gasteiger partial charge in [0.15, 0.2) is 5.69 Å². The lowest BCUT2D eigenvalue weighted by molar-refractivity contribution is 0.0686. The number of para-hydroxylation sites is 1. The van der Waals surface area contributed by atoms with Gasteiger partial charge in [0.05, 0.1) is 17.9 Å². The highest BCUT2D eigenvalue weighted by atomic mass is 16.4. The molecule has 0 aliphatic heterocycles. The number of aromatic amines is 1. The van der Waals surface area contributed by atoms with Crippen LogP contribution in [-0.2, 0) is 13.0 Å². The average Bonchev–Trinajstić information content (AvgIpc) is 3.56. The van der Waals surface area contributed by atoms with E-state index in [4.69, 9.17) is 0 Å². The molecule has 0 spiro atoms. The molecule has 0 amide bonds. The normalized spacial score (nSPS) is 11.2. The third-order valence-corrected chi connectivity index (χ3v) is 6.54. The van der Waals surface area contributed by atoms with Gasteiger partial charge in [0.2, 0.25) is 5.82 Å². The molecule has 0 fully saturated rings. The summed E-state index contributed by atoms with van der Waals surface area (Å²) in [6.45, 7) is 4.43. The molecule has 0 atom stereocenters. The Bertz CT molecular complexity index is 1600. The van der Waals surface area contributed by atoms with Gasteiger partial charge < -0.3 is 5.11 Å². The Hall–Kier alpha value is -4.79.